The summed E-state index contributed by atoms with van der Waals surface area (Å²) in [6.45, 7) is 3.63. The molecule has 0 atom stereocenters. The number of aryl methyl sites for hydroxylation is 1. The Morgan fingerprint density at radius 1 is 1.15 bits per heavy atom. The third-order valence-electron chi connectivity index (χ3n) is 4.31. The summed E-state index contributed by atoms with van der Waals surface area (Å²) in [7, 11) is -3.76. The summed E-state index contributed by atoms with van der Waals surface area (Å²) < 4.78 is 28.6. The quantitative estimate of drug-likeness (QED) is 0.762. The first-order chi connectivity index (χ1) is 12.4. The van der Waals surface area contributed by atoms with Crippen LogP contribution in [0.1, 0.15) is 6.92 Å². The maximum atomic E-state index is 12.9. The van der Waals surface area contributed by atoms with Crippen LogP contribution in [0.4, 0.5) is 5.82 Å². The molecule has 1 aromatic heterocycles. The zero-order valence-corrected chi connectivity index (χ0v) is 16.4. The molecule has 2 aromatic rings. The third-order valence-corrected chi connectivity index (χ3v) is 7.18. The molecule has 0 N–H and O–H groups in total. The zero-order valence-electron chi connectivity index (χ0n) is 14.1. The Morgan fingerprint density at radius 3 is 2.50 bits per heavy atom. The molecule has 0 spiro atoms. The Hall–Kier alpha value is -1.61. The first-order valence-corrected chi connectivity index (χ1v) is 10.3. The predicted octanol–water partition coefficient (Wildman–Crippen LogP) is 2.08. The minimum absolute atomic E-state index is 0.00806. The van der Waals surface area contributed by atoms with Gasteiger partial charge in [-0.2, -0.15) is 4.31 Å². The van der Waals surface area contributed by atoms with E-state index in [2.05, 4.69) is 4.98 Å². The van der Waals surface area contributed by atoms with E-state index >= 15 is 0 Å². The first-order valence-electron chi connectivity index (χ1n) is 8.10. The van der Waals surface area contributed by atoms with Crippen LogP contribution in [-0.4, -0.2) is 48.5 Å². The van der Waals surface area contributed by atoms with Crippen molar-refractivity contribution in [2.45, 2.75) is 18.4 Å². The summed E-state index contributed by atoms with van der Waals surface area (Å²) in [6.07, 6.45) is 3.21. The van der Waals surface area contributed by atoms with Crippen molar-refractivity contribution in [3.8, 4) is 0 Å². The number of aromatic nitrogens is 2. The molecule has 7 nitrogen and oxygen atoms in total. The zero-order chi connectivity index (χ0) is 18.9. The molecule has 0 amide bonds. The monoisotopic (exact) mass is 416 g/mol. The molecular weight excluding hydrogens is 399 g/mol. The third kappa shape index (κ3) is 3.46. The molecule has 2 heterocycles. The molecular formula is C16H18Cl2N4O3S. The van der Waals surface area contributed by atoms with E-state index in [9.17, 15) is 13.2 Å². The number of halogens is 2. The summed E-state index contributed by atoms with van der Waals surface area (Å²) in [5.74, 6) is 0.340. The summed E-state index contributed by atoms with van der Waals surface area (Å²) in [5.41, 5.74) is -0.177. The van der Waals surface area contributed by atoms with Crippen molar-refractivity contribution in [3.05, 3.63) is 51.0 Å². The molecule has 1 aliphatic heterocycles. The van der Waals surface area contributed by atoms with E-state index in [1.807, 2.05) is 6.92 Å². The minimum Gasteiger partial charge on any atom is -0.349 e. The molecule has 1 fully saturated rings. The number of benzene rings is 1. The maximum absolute atomic E-state index is 12.9. The molecule has 0 unspecified atom stereocenters. The molecule has 140 valence electrons. The Balaban J connectivity index is 1.80. The van der Waals surface area contributed by atoms with Gasteiger partial charge in [0.15, 0.2) is 5.82 Å². The molecule has 0 bridgehead atoms. The first kappa shape index (κ1) is 19.2. The van der Waals surface area contributed by atoms with Crippen molar-refractivity contribution in [2.75, 3.05) is 31.1 Å². The fraction of sp³-hybridized carbons (Fsp3) is 0.375. The van der Waals surface area contributed by atoms with Gasteiger partial charge in [0.25, 0.3) is 5.56 Å². The second kappa shape index (κ2) is 7.56. The molecule has 0 aliphatic carbocycles. The van der Waals surface area contributed by atoms with Crippen LogP contribution in [0.5, 0.6) is 0 Å². The smallest absolute Gasteiger partial charge is 0.293 e. The molecule has 26 heavy (non-hydrogen) atoms. The lowest BCUT2D eigenvalue weighted by atomic mass is 10.3. The Morgan fingerprint density at radius 2 is 1.85 bits per heavy atom. The van der Waals surface area contributed by atoms with Crippen molar-refractivity contribution >= 4 is 39.0 Å². The molecule has 10 heteroatoms. The van der Waals surface area contributed by atoms with E-state index in [0.29, 0.717) is 25.5 Å². The second-order valence-corrected chi connectivity index (χ2v) is 8.48. The van der Waals surface area contributed by atoms with Gasteiger partial charge >= 0.3 is 0 Å². The lowest BCUT2D eigenvalue weighted by molar-refractivity contribution is 0.383. The highest BCUT2D eigenvalue weighted by Crippen LogP contribution is 2.31. The van der Waals surface area contributed by atoms with Gasteiger partial charge in [0.05, 0.1) is 10.0 Å². The van der Waals surface area contributed by atoms with Crippen LogP contribution < -0.4 is 10.5 Å². The average Bonchev–Trinajstić information content (AvgIpc) is 2.64. The minimum atomic E-state index is -3.76. The Bertz CT molecular complexity index is 970. The number of anilines is 1. The van der Waals surface area contributed by atoms with Crippen molar-refractivity contribution in [1.82, 2.24) is 13.9 Å². The van der Waals surface area contributed by atoms with Crippen LogP contribution in [0.15, 0.2) is 40.3 Å². The van der Waals surface area contributed by atoms with Crippen molar-refractivity contribution in [3.63, 3.8) is 0 Å². The fourth-order valence-corrected chi connectivity index (χ4v) is 5.02. The standard InChI is InChI=1S/C16H18Cl2N4O3S/c1-2-20-7-6-19-15(16(20)23)21-8-10-22(11-9-21)26(24,25)13-5-3-4-12(17)14(13)18/h3-7H,2,8-11H2,1H3. The van der Waals surface area contributed by atoms with Gasteiger partial charge in [0.2, 0.25) is 10.0 Å². The van der Waals surface area contributed by atoms with Gasteiger partial charge in [-0.3, -0.25) is 4.79 Å². The lowest BCUT2D eigenvalue weighted by Gasteiger charge is -2.34. The summed E-state index contributed by atoms with van der Waals surface area (Å²) in [4.78, 5) is 18.3. The largest absolute Gasteiger partial charge is 0.349 e. The molecule has 1 aliphatic rings. The SMILES string of the molecule is CCn1ccnc(N2CCN(S(=O)(=O)c3cccc(Cl)c3Cl)CC2)c1=O. The van der Waals surface area contributed by atoms with Crippen molar-refractivity contribution in [1.29, 1.82) is 0 Å². The van der Waals surface area contributed by atoms with Gasteiger partial charge in [-0.25, -0.2) is 13.4 Å². The topological polar surface area (TPSA) is 75.5 Å². The van der Waals surface area contributed by atoms with Crippen molar-refractivity contribution in [2.24, 2.45) is 0 Å². The normalized spacial score (nSPS) is 16.0. The molecule has 1 aromatic carbocycles. The fourth-order valence-electron chi connectivity index (χ4n) is 2.86. The van der Waals surface area contributed by atoms with Gasteiger partial charge in [-0.1, -0.05) is 29.3 Å². The van der Waals surface area contributed by atoms with Crippen LogP contribution in [0, 0.1) is 0 Å². The van der Waals surface area contributed by atoms with E-state index in [-0.39, 0.29) is 33.6 Å². The van der Waals surface area contributed by atoms with Gasteiger partial charge in [0, 0.05) is 45.1 Å². The van der Waals surface area contributed by atoms with E-state index in [4.69, 9.17) is 23.2 Å². The average molecular weight is 417 g/mol. The van der Waals surface area contributed by atoms with E-state index in [0.717, 1.165) is 0 Å². The summed E-state index contributed by atoms with van der Waals surface area (Å²) in [6, 6.07) is 4.54. The lowest BCUT2D eigenvalue weighted by Crippen LogP contribution is -2.50. The molecule has 3 rings (SSSR count). The molecule has 0 radical (unpaired) electrons. The van der Waals surface area contributed by atoms with Gasteiger partial charge in [0.1, 0.15) is 4.90 Å². The van der Waals surface area contributed by atoms with E-state index in [1.54, 1.807) is 34.0 Å². The number of rotatable bonds is 4. The maximum Gasteiger partial charge on any atom is 0.293 e. The van der Waals surface area contributed by atoms with Crippen LogP contribution in [0.2, 0.25) is 10.0 Å². The molecule has 1 saturated heterocycles. The Kier molecular flexibility index (Phi) is 5.57. The van der Waals surface area contributed by atoms with Gasteiger partial charge in [-0.05, 0) is 19.1 Å². The summed E-state index contributed by atoms with van der Waals surface area (Å²) >= 11 is 12.0. The van der Waals surface area contributed by atoms with Crippen LogP contribution in [0.3, 0.4) is 0 Å². The number of sulfonamides is 1. The highest BCUT2D eigenvalue weighted by atomic mass is 35.5. The van der Waals surface area contributed by atoms with Crippen LogP contribution >= 0.6 is 23.2 Å². The van der Waals surface area contributed by atoms with Gasteiger partial charge < -0.3 is 9.47 Å². The van der Waals surface area contributed by atoms with E-state index < -0.39 is 10.0 Å². The number of nitrogens with zero attached hydrogens (tertiary/aromatic N) is 4. The van der Waals surface area contributed by atoms with Crippen molar-refractivity contribution < 1.29 is 8.42 Å². The highest BCUT2D eigenvalue weighted by molar-refractivity contribution is 7.89. The number of hydrogen-bond acceptors (Lipinski definition) is 5. The second-order valence-electron chi connectivity index (χ2n) is 5.79. The number of hydrogen-bond donors (Lipinski definition) is 0. The Labute approximate surface area is 161 Å². The van der Waals surface area contributed by atoms with E-state index in [1.165, 1.54) is 10.4 Å². The summed E-state index contributed by atoms with van der Waals surface area (Å²) in [5, 5.41) is 0.215. The van der Waals surface area contributed by atoms with Crippen LogP contribution in [0.25, 0.3) is 0 Å². The highest BCUT2D eigenvalue weighted by Gasteiger charge is 2.31. The van der Waals surface area contributed by atoms with Crippen LogP contribution in [-0.2, 0) is 16.6 Å². The molecule has 0 saturated carbocycles. The predicted molar refractivity (Wildman–Crippen MR) is 102 cm³/mol. The number of piperazine rings is 1. The van der Waals surface area contributed by atoms with Gasteiger partial charge in [-0.15, -0.1) is 0 Å².